The molecule has 0 saturated carbocycles. The van der Waals surface area contributed by atoms with Gasteiger partial charge in [-0.2, -0.15) is 0 Å². The predicted octanol–water partition coefficient (Wildman–Crippen LogP) is 1.92. The first-order valence-corrected chi connectivity index (χ1v) is 7.11. The summed E-state index contributed by atoms with van der Waals surface area (Å²) in [5.74, 6) is -0.143. The average molecular weight is 290 g/mol. The van der Waals surface area contributed by atoms with Gasteiger partial charge in [-0.25, -0.2) is 4.79 Å². The van der Waals surface area contributed by atoms with Crippen LogP contribution in [0.3, 0.4) is 0 Å². The number of ketones is 1. The Balaban J connectivity index is 2.15. The molecule has 2 unspecified atom stereocenters. The molecule has 1 aromatic carbocycles. The lowest BCUT2D eigenvalue weighted by atomic mass is 9.80. The average Bonchev–Trinajstić information content (AvgIpc) is 2.36. The number of nitrogens with zero attached hydrogens (tertiary/aromatic N) is 1. The summed E-state index contributed by atoms with van der Waals surface area (Å²) in [6.07, 6.45) is -0.457. The zero-order valence-corrected chi connectivity index (χ0v) is 12.7. The van der Waals surface area contributed by atoms with E-state index < -0.39 is 17.7 Å². The van der Waals surface area contributed by atoms with Crippen molar-refractivity contribution in [3.63, 3.8) is 0 Å². The molecule has 1 saturated heterocycles. The molecule has 1 aliphatic heterocycles. The summed E-state index contributed by atoms with van der Waals surface area (Å²) in [7, 11) is 0. The first-order chi connectivity index (χ1) is 9.83. The molecule has 2 N–H and O–H groups in total. The summed E-state index contributed by atoms with van der Waals surface area (Å²) in [6, 6.07) is 9.19. The van der Waals surface area contributed by atoms with Crippen molar-refractivity contribution in [2.75, 3.05) is 13.1 Å². The van der Waals surface area contributed by atoms with Gasteiger partial charge < -0.3 is 10.5 Å². The van der Waals surface area contributed by atoms with Gasteiger partial charge in [0, 0.05) is 12.5 Å². The van der Waals surface area contributed by atoms with Crippen molar-refractivity contribution in [3.05, 3.63) is 35.9 Å². The zero-order valence-electron chi connectivity index (χ0n) is 12.7. The van der Waals surface area contributed by atoms with Crippen LogP contribution in [0, 0.1) is 0 Å². The van der Waals surface area contributed by atoms with Gasteiger partial charge in [-0.3, -0.25) is 9.69 Å². The molecule has 2 atom stereocenters. The van der Waals surface area contributed by atoms with E-state index in [0.29, 0.717) is 6.54 Å². The van der Waals surface area contributed by atoms with E-state index in [2.05, 4.69) is 0 Å². The third-order valence-corrected chi connectivity index (χ3v) is 3.50. The monoisotopic (exact) mass is 290 g/mol. The van der Waals surface area contributed by atoms with Gasteiger partial charge in [0.1, 0.15) is 11.6 Å². The maximum Gasteiger partial charge on any atom is 0.410 e. The Bertz CT molecular complexity index is 522. The van der Waals surface area contributed by atoms with E-state index in [0.717, 1.165) is 5.56 Å². The second-order valence-corrected chi connectivity index (χ2v) is 6.27. The minimum atomic E-state index is -0.578. The van der Waals surface area contributed by atoms with Crippen molar-refractivity contribution in [3.8, 4) is 0 Å². The van der Waals surface area contributed by atoms with Crippen LogP contribution in [0.1, 0.15) is 32.3 Å². The topological polar surface area (TPSA) is 72.6 Å². The number of carbonyl (C=O) groups excluding carboxylic acids is 2. The molecule has 1 heterocycles. The third-order valence-electron chi connectivity index (χ3n) is 3.50. The minimum Gasteiger partial charge on any atom is -0.444 e. The fourth-order valence-electron chi connectivity index (χ4n) is 2.52. The van der Waals surface area contributed by atoms with Crippen molar-refractivity contribution in [1.29, 1.82) is 0 Å². The Hall–Kier alpha value is -1.88. The van der Waals surface area contributed by atoms with Gasteiger partial charge in [0.05, 0.1) is 6.54 Å². The van der Waals surface area contributed by atoms with Gasteiger partial charge in [0.2, 0.25) is 0 Å². The molecule has 1 aliphatic rings. The van der Waals surface area contributed by atoms with Crippen LogP contribution in [0.5, 0.6) is 0 Å². The van der Waals surface area contributed by atoms with Crippen molar-refractivity contribution in [1.82, 2.24) is 4.90 Å². The molecule has 5 heteroatoms. The number of hydrogen-bond donors (Lipinski definition) is 1. The van der Waals surface area contributed by atoms with E-state index in [1.54, 1.807) is 20.8 Å². The summed E-state index contributed by atoms with van der Waals surface area (Å²) in [5, 5.41) is 0. The zero-order chi connectivity index (χ0) is 15.6. The number of hydrogen-bond acceptors (Lipinski definition) is 4. The first-order valence-electron chi connectivity index (χ1n) is 7.11. The number of rotatable bonds is 3. The lowest BCUT2D eigenvalue weighted by Crippen LogP contribution is -2.62. The third kappa shape index (κ3) is 3.42. The fourth-order valence-corrected chi connectivity index (χ4v) is 2.52. The molecule has 0 spiro atoms. The molecule has 0 aliphatic carbocycles. The van der Waals surface area contributed by atoms with Gasteiger partial charge >= 0.3 is 6.09 Å². The predicted molar refractivity (Wildman–Crippen MR) is 80.0 cm³/mol. The van der Waals surface area contributed by atoms with Crippen LogP contribution >= 0.6 is 0 Å². The van der Waals surface area contributed by atoms with Crippen molar-refractivity contribution >= 4 is 11.9 Å². The summed E-state index contributed by atoms with van der Waals surface area (Å²) in [6.45, 7) is 5.82. The first kappa shape index (κ1) is 15.5. The smallest absolute Gasteiger partial charge is 0.410 e. The Labute approximate surface area is 125 Å². The van der Waals surface area contributed by atoms with Gasteiger partial charge in [-0.05, 0) is 26.3 Å². The summed E-state index contributed by atoms with van der Waals surface area (Å²) in [4.78, 5) is 25.7. The highest BCUT2D eigenvalue weighted by molar-refractivity contribution is 5.91. The molecule has 1 aromatic rings. The Morgan fingerprint density at radius 1 is 1.29 bits per heavy atom. The standard InChI is InChI=1S/C16H22N2O3/c1-16(2,3)21-15(20)18-10-12(14(18)13(19)9-17)11-7-5-4-6-8-11/h4-8,12,14H,9-10,17H2,1-3H3. The second-order valence-electron chi connectivity index (χ2n) is 6.27. The van der Waals surface area contributed by atoms with E-state index in [-0.39, 0.29) is 18.2 Å². The quantitative estimate of drug-likeness (QED) is 0.923. The van der Waals surface area contributed by atoms with Gasteiger partial charge in [0.25, 0.3) is 0 Å². The van der Waals surface area contributed by atoms with E-state index >= 15 is 0 Å². The van der Waals surface area contributed by atoms with Gasteiger partial charge in [0.15, 0.2) is 5.78 Å². The molecular formula is C16H22N2O3. The highest BCUT2D eigenvalue weighted by Gasteiger charge is 2.47. The van der Waals surface area contributed by atoms with Crippen LogP contribution < -0.4 is 5.73 Å². The number of Topliss-reactive ketones (excluding diaryl/α,β-unsaturated/α-hetero) is 1. The lowest BCUT2D eigenvalue weighted by molar-refractivity contribution is -0.128. The number of nitrogens with two attached hydrogens (primary N) is 1. The summed E-state index contributed by atoms with van der Waals surface area (Å²) >= 11 is 0. The van der Waals surface area contributed by atoms with Crippen molar-refractivity contribution in [2.45, 2.75) is 38.3 Å². The molecule has 114 valence electrons. The number of carbonyl (C=O) groups is 2. The summed E-state index contributed by atoms with van der Waals surface area (Å²) in [5.41, 5.74) is 5.95. The van der Waals surface area contributed by atoms with Crippen LogP contribution in [-0.2, 0) is 9.53 Å². The molecule has 0 radical (unpaired) electrons. The minimum absolute atomic E-state index is 0.00484. The molecule has 21 heavy (non-hydrogen) atoms. The normalized spacial score (nSPS) is 21.6. The largest absolute Gasteiger partial charge is 0.444 e. The lowest BCUT2D eigenvalue weighted by Gasteiger charge is -2.47. The van der Waals surface area contributed by atoms with Gasteiger partial charge in [-0.15, -0.1) is 0 Å². The van der Waals surface area contributed by atoms with Crippen LogP contribution in [0.15, 0.2) is 30.3 Å². The second kappa shape index (κ2) is 5.85. The van der Waals surface area contributed by atoms with Crippen molar-refractivity contribution in [2.24, 2.45) is 5.73 Å². The molecule has 0 bridgehead atoms. The van der Waals surface area contributed by atoms with Crippen LogP contribution in [-0.4, -0.2) is 41.5 Å². The number of benzene rings is 1. The number of amides is 1. The highest BCUT2D eigenvalue weighted by Crippen LogP contribution is 2.35. The van der Waals surface area contributed by atoms with E-state index in [1.165, 1.54) is 4.90 Å². The maximum atomic E-state index is 12.2. The molecule has 0 aromatic heterocycles. The van der Waals surface area contributed by atoms with E-state index in [1.807, 2.05) is 30.3 Å². The maximum absolute atomic E-state index is 12.2. The Morgan fingerprint density at radius 2 is 1.90 bits per heavy atom. The van der Waals surface area contributed by atoms with E-state index in [9.17, 15) is 9.59 Å². The van der Waals surface area contributed by atoms with E-state index in [4.69, 9.17) is 10.5 Å². The number of ether oxygens (including phenoxy) is 1. The molecule has 1 fully saturated rings. The summed E-state index contributed by atoms with van der Waals surface area (Å²) < 4.78 is 5.34. The molecule has 1 amide bonds. The van der Waals surface area contributed by atoms with Gasteiger partial charge in [-0.1, -0.05) is 30.3 Å². The SMILES string of the molecule is CC(C)(C)OC(=O)N1CC(c2ccccc2)C1C(=O)CN. The van der Waals surface area contributed by atoms with Crippen molar-refractivity contribution < 1.29 is 14.3 Å². The van der Waals surface area contributed by atoms with Crippen LogP contribution in [0.2, 0.25) is 0 Å². The molecule has 5 nitrogen and oxygen atoms in total. The Kier molecular flexibility index (Phi) is 4.32. The molecule has 2 rings (SSSR count). The molecular weight excluding hydrogens is 268 g/mol. The van der Waals surface area contributed by atoms with Crippen LogP contribution in [0.25, 0.3) is 0 Å². The highest BCUT2D eigenvalue weighted by atomic mass is 16.6. The number of likely N-dealkylation sites (tertiary alicyclic amines) is 1. The fraction of sp³-hybridized carbons (Fsp3) is 0.500. The Morgan fingerprint density at radius 3 is 2.43 bits per heavy atom. The van der Waals surface area contributed by atoms with Crippen LogP contribution in [0.4, 0.5) is 4.79 Å².